The molecule has 2 aromatic rings. The molecule has 0 radical (unpaired) electrons. The molecule has 1 atom stereocenters. The average Bonchev–Trinajstić information content (AvgIpc) is 2.81. The van der Waals surface area contributed by atoms with Crippen LogP contribution in [0.15, 0.2) is 30.5 Å². The fourth-order valence-electron chi connectivity index (χ4n) is 2.53. The first-order chi connectivity index (χ1) is 9.15. The highest BCUT2D eigenvalue weighted by atomic mass is 16.4. The summed E-state index contributed by atoms with van der Waals surface area (Å²) < 4.78 is 1.94. The number of aliphatic carboxylic acids is 1. The summed E-state index contributed by atoms with van der Waals surface area (Å²) in [5, 5.41) is 18.7. The van der Waals surface area contributed by atoms with Crippen LogP contribution in [-0.4, -0.2) is 25.7 Å². The van der Waals surface area contributed by atoms with E-state index < -0.39 is 5.97 Å². The number of aryl methyl sites for hydroxylation is 1. The monoisotopic (exact) mass is 258 g/mol. The Labute approximate surface area is 110 Å². The predicted molar refractivity (Wildman–Crippen MR) is 68.8 cm³/mol. The molecule has 2 heterocycles. The van der Waals surface area contributed by atoms with Crippen LogP contribution in [0, 0.1) is 5.92 Å². The van der Waals surface area contributed by atoms with Crippen molar-refractivity contribution in [3.05, 3.63) is 36.2 Å². The number of fused-ring (bicyclic) bond motifs is 1. The van der Waals surface area contributed by atoms with Crippen molar-refractivity contribution in [3.63, 3.8) is 0 Å². The minimum atomic E-state index is -0.763. The predicted octanol–water partition coefficient (Wildman–Crippen LogP) is 1.90. The first-order valence-corrected chi connectivity index (χ1v) is 6.22. The Hall–Kier alpha value is -2.30. The van der Waals surface area contributed by atoms with Crippen molar-refractivity contribution < 1.29 is 15.0 Å². The zero-order chi connectivity index (χ0) is 13.4. The van der Waals surface area contributed by atoms with E-state index in [0.29, 0.717) is 13.0 Å². The van der Waals surface area contributed by atoms with Gasteiger partial charge in [0, 0.05) is 24.0 Å². The summed E-state index contributed by atoms with van der Waals surface area (Å²) in [5.74, 6) is -0.226. The van der Waals surface area contributed by atoms with Crippen LogP contribution < -0.4 is 0 Å². The van der Waals surface area contributed by atoms with E-state index in [0.717, 1.165) is 23.5 Å². The van der Waals surface area contributed by atoms with Crippen LogP contribution in [0.25, 0.3) is 11.4 Å². The second kappa shape index (κ2) is 4.42. The van der Waals surface area contributed by atoms with Gasteiger partial charge >= 0.3 is 5.97 Å². The maximum absolute atomic E-state index is 11.1. The van der Waals surface area contributed by atoms with Gasteiger partial charge in [0.1, 0.15) is 11.6 Å². The van der Waals surface area contributed by atoms with Crippen LogP contribution in [-0.2, 0) is 17.8 Å². The fraction of sp³-hybridized carbons (Fsp3) is 0.286. The molecule has 0 fully saturated rings. The third-order valence-electron chi connectivity index (χ3n) is 3.54. The summed E-state index contributed by atoms with van der Waals surface area (Å²) in [6.07, 6.45) is 3.17. The number of hydrogen-bond donors (Lipinski definition) is 2. The Morgan fingerprint density at radius 1 is 1.42 bits per heavy atom. The third kappa shape index (κ3) is 2.07. The summed E-state index contributed by atoms with van der Waals surface area (Å²) in [4.78, 5) is 15.5. The van der Waals surface area contributed by atoms with Gasteiger partial charge in [0.15, 0.2) is 0 Å². The topological polar surface area (TPSA) is 75.3 Å². The van der Waals surface area contributed by atoms with Crippen LogP contribution in [0.1, 0.15) is 12.1 Å². The van der Waals surface area contributed by atoms with E-state index >= 15 is 0 Å². The summed E-state index contributed by atoms with van der Waals surface area (Å²) in [7, 11) is 0. The van der Waals surface area contributed by atoms with E-state index in [1.165, 1.54) is 0 Å². The van der Waals surface area contributed by atoms with Crippen molar-refractivity contribution in [3.8, 4) is 17.1 Å². The van der Waals surface area contributed by atoms with Crippen molar-refractivity contribution in [2.45, 2.75) is 19.4 Å². The Morgan fingerprint density at radius 3 is 3.00 bits per heavy atom. The maximum atomic E-state index is 11.1. The van der Waals surface area contributed by atoms with E-state index in [-0.39, 0.29) is 11.7 Å². The Morgan fingerprint density at radius 2 is 2.26 bits per heavy atom. The number of aromatic nitrogens is 2. The molecule has 0 aliphatic carbocycles. The van der Waals surface area contributed by atoms with E-state index in [1.54, 1.807) is 24.4 Å². The number of rotatable bonds is 2. The normalized spacial score (nSPS) is 18.0. The summed E-state index contributed by atoms with van der Waals surface area (Å²) in [6, 6.07) is 6.85. The van der Waals surface area contributed by atoms with Gasteiger partial charge in [-0.3, -0.25) is 4.79 Å². The van der Waals surface area contributed by atoms with Crippen molar-refractivity contribution in [1.82, 2.24) is 9.55 Å². The summed E-state index contributed by atoms with van der Waals surface area (Å²) in [5.41, 5.74) is 1.85. The van der Waals surface area contributed by atoms with E-state index in [2.05, 4.69) is 4.98 Å². The number of hydrogen-bond acceptors (Lipinski definition) is 3. The number of phenols is 1. The minimum Gasteiger partial charge on any atom is -0.508 e. The molecule has 5 heteroatoms. The lowest BCUT2D eigenvalue weighted by Gasteiger charge is -2.22. The van der Waals surface area contributed by atoms with E-state index in [4.69, 9.17) is 5.11 Å². The quantitative estimate of drug-likeness (QED) is 0.862. The molecule has 0 saturated carbocycles. The summed E-state index contributed by atoms with van der Waals surface area (Å²) in [6.45, 7) is 0.440. The van der Waals surface area contributed by atoms with Gasteiger partial charge in [0.25, 0.3) is 0 Å². The number of carbonyl (C=O) groups is 1. The molecule has 1 aliphatic heterocycles. The lowest BCUT2D eigenvalue weighted by Crippen LogP contribution is -2.26. The molecule has 0 spiro atoms. The largest absolute Gasteiger partial charge is 0.508 e. The average molecular weight is 258 g/mol. The van der Waals surface area contributed by atoms with Gasteiger partial charge in [-0.05, 0) is 25.0 Å². The number of imidazole rings is 1. The second-order valence-corrected chi connectivity index (χ2v) is 4.81. The zero-order valence-electron chi connectivity index (χ0n) is 10.3. The molecule has 0 bridgehead atoms. The number of benzene rings is 1. The molecule has 0 saturated heterocycles. The van der Waals surface area contributed by atoms with Gasteiger partial charge in [0.05, 0.1) is 5.92 Å². The van der Waals surface area contributed by atoms with Crippen LogP contribution in [0.4, 0.5) is 0 Å². The van der Waals surface area contributed by atoms with E-state index in [9.17, 15) is 9.90 Å². The third-order valence-corrected chi connectivity index (χ3v) is 3.54. The number of carboxylic acids is 1. The van der Waals surface area contributed by atoms with Gasteiger partial charge in [-0.15, -0.1) is 0 Å². The van der Waals surface area contributed by atoms with Crippen molar-refractivity contribution in [2.75, 3.05) is 0 Å². The maximum Gasteiger partial charge on any atom is 0.308 e. The molecule has 1 unspecified atom stereocenters. The fourth-order valence-corrected chi connectivity index (χ4v) is 2.53. The van der Waals surface area contributed by atoms with Crippen LogP contribution in [0.2, 0.25) is 0 Å². The molecule has 2 N–H and O–H groups in total. The zero-order valence-corrected chi connectivity index (χ0v) is 10.3. The Balaban J connectivity index is 2.01. The molecule has 1 aliphatic rings. The molecule has 98 valence electrons. The Kier molecular flexibility index (Phi) is 2.74. The number of phenolic OH excluding ortho intramolecular Hbond substituents is 1. The first-order valence-electron chi connectivity index (χ1n) is 6.22. The number of aromatic hydroxyl groups is 1. The van der Waals surface area contributed by atoms with Gasteiger partial charge in [-0.2, -0.15) is 0 Å². The standard InChI is InChI=1S/C14H14N2O3/c17-12-3-1-2-9(6-12)13-15-7-11-5-4-10(14(18)19)8-16(11)13/h1-3,6-7,10,17H,4-5,8H2,(H,18,19). The highest BCUT2D eigenvalue weighted by Gasteiger charge is 2.26. The highest BCUT2D eigenvalue weighted by Crippen LogP contribution is 2.28. The van der Waals surface area contributed by atoms with Gasteiger partial charge < -0.3 is 14.8 Å². The van der Waals surface area contributed by atoms with Gasteiger partial charge in [0.2, 0.25) is 0 Å². The molecule has 19 heavy (non-hydrogen) atoms. The van der Waals surface area contributed by atoms with Crippen molar-refractivity contribution in [2.24, 2.45) is 5.92 Å². The first kappa shape index (κ1) is 11.8. The number of nitrogens with zero attached hydrogens (tertiary/aromatic N) is 2. The molecule has 1 aromatic heterocycles. The number of carboxylic acid groups (broad SMARTS) is 1. The van der Waals surface area contributed by atoms with Crippen LogP contribution >= 0.6 is 0 Å². The van der Waals surface area contributed by atoms with Crippen molar-refractivity contribution >= 4 is 5.97 Å². The molecular weight excluding hydrogens is 244 g/mol. The van der Waals surface area contributed by atoms with Crippen molar-refractivity contribution in [1.29, 1.82) is 0 Å². The van der Waals surface area contributed by atoms with Crippen LogP contribution in [0.5, 0.6) is 5.75 Å². The molecule has 5 nitrogen and oxygen atoms in total. The smallest absolute Gasteiger partial charge is 0.308 e. The SMILES string of the molecule is O=C(O)C1CCc2cnc(-c3cccc(O)c3)n2C1. The lowest BCUT2D eigenvalue weighted by atomic mass is 9.98. The Bertz CT molecular complexity index is 633. The molecule has 1 aromatic carbocycles. The van der Waals surface area contributed by atoms with E-state index in [1.807, 2.05) is 10.6 Å². The summed E-state index contributed by atoms with van der Waals surface area (Å²) >= 11 is 0. The van der Waals surface area contributed by atoms with Gasteiger partial charge in [-0.1, -0.05) is 12.1 Å². The molecular formula is C14H14N2O3. The lowest BCUT2D eigenvalue weighted by molar-refractivity contribution is -0.142. The van der Waals surface area contributed by atoms with Crippen LogP contribution in [0.3, 0.4) is 0 Å². The minimum absolute atomic E-state index is 0.181. The highest BCUT2D eigenvalue weighted by molar-refractivity contribution is 5.70. The molecule has 0 amide bonds. The van der Waals surface area contributed by atoms with Gasteiger partial charge in [-0.25, -0.2) is 4.98 Å². The molecule has 3 rings (SSSR count). The second-order valence-electron chi connectivity index (χ2n) is 4.81.